The van der Waals surface area contributed by atoms with Gasteiger partial charge in [0.1, 0.15) is 30.4 Å². The zero-order valence-corrected chi connectivity index (χ0v) is 25.7. The SMILES string of the molecule is Cn1[nH]c(=O)c2ccc(Nc3cc(N[C@H](CO)c4ccccc4)c(C4=NC5(CCN(C(=O)OCc6ccccc6)C5)CO4)cn3)nc21. The second-order valence-corrected chi connectivity index (χ2v) is 11.7. The Morgan fingerprint density at radius 2 is 1.89 bits per heavy atom. The van der Waals surface area contributed by atoms with Gasteiger partial charge in [-0.15, -0.1) is 0 Å². The van der Waals surface area contributed by atoms with Gasteiger partial charge in [0.05, 0.1) is 35.8 Å². The van der Waals surface area contributed by atoms with Gasteiger partial charge >= 0.3 is 6.09 Å². The van der Waals surface area contributed by atoms with E-state index in [2.05, 4.69) is 25.7 Å². The van der Waals surface area contributed by atoms with Crippen LogP contribution in [0.4, 0.5) is 22.1 Å². The van der Waals surface area contributed by atoms with E-state index >= 15 is 0 Å². The van der Waals surface area contributed by atoms with Crippen LogP contribution < -0.4 is 16.2 Å². The highest BCUT2D eigenvalue weighted by atomic mass is 16.6. The van der Waals surface area contributed by atoms with E-state index in [-0.39, 0.29) is 24.9 Å². The predicted molar refractivity (Wildman–Crippen MR) is 177 cm³/mol. The molecule has 0 bridgehead atoms. The summed E-state index contributed by atoms with van der Waals surface area (Å²) in [5, 5.41) is 20.2. The first-order chi connectivity index (χ1) is 22.9. The monoisotopic (exact) mass is 634 g/mol. The highest BCUT2D eigenvalue weighted by molar-refractivity contribution is 6.01. The average molecular weight is 635 g/mol. The number of benzene rings is 2. The van der Waals surface area contributed by atoms with Crippen molar-refractivity contribution in [1.29, 1.82) is 0 Å². The smallest absolute Gasteiger partial charge is 0.410 e. The van der Waals surface area contributed by atoms with Crippen LogP contribution in [0.5, 0.6) is 0 Å². The van der Waals surface area contributed by atoms with E-state index < -0.39 is 11.6 Å². The van der Waals surface area contributed by atoms with Crippen molar-refractivity contribution in [2.75, 3.05) is 36.9 Å². The fourth-order valence-electron chi connectivity index (χ4n) is 5.92. The van der Waals surface area contributed by atoms with Crippen molar-refractivity contribution < 1.29 is 19.4 Å². The molecule has 2 aliphatic heterocycles. The van der Waals surface area contributed by atoms with E-state index in [0.29, 0.717) is 65.9 Å². The molecule has 4 N–H and O–H groups in total. The van der Waals surface area contributed by atoms with Crippen LogP contribution in [-0.4, -0.2) is 73.6 Å². The Morgan fingerprint density at radius 1 is 1.11 bits per heavy atom. The number of pyridine rings is 2. The summed E-state index contributed by atoms with van der Waals surface area (Å²) in [5.41, 5.74) is 2.77. The molecule has 1 fully saturated rings. The molecule has 1 amide bonds. The van der Waals surface area contributed by atoms with Gasteiger partial charge in [-0.2, -0.15) is 0 Å². The lowest BCUT2D eigenvalue weighted by molar-refractivity contribution is 0.101. The summed E-state index contributed by atoms with van der Waals surface area (Å²) in [4.78, 5) is 40.9. The van der Waals surface area contributed by atoms with Crippen molar-refractivity contribution in [2.24, 2.45) is 12.0 Å². The van der Waals surface area contributed by atoms with Crippen molar-refractivity contribution in [3.63, 3.8) is 0 Å². The summed E-state index contributed by atoms with van der Waals surface area (Å²) in [6.45, 7) is 1.23. The molecule has 7 rings (SSSR count). The summed E-state index contributed by atoms with van der Waals surface area (Å²) in [7, 11) is 1.72. The van der Waals surface area contributed by atoms with Crippen molar-refractivity contribution in [3.8, 4) is 0 Å². The van der Waals surface area contributed by atoms with Gasteiger partial charge in [0.2, 0.25) is 5.90 Å². The number of nitrogens with zero attached hydrogens (tertiary/aromatic N) is 5. The van der Waals surface area contributed by atoms with Gasteiger partial charge in [0, 0.05) is 25.9 Å². The number of aromatic amines is 1. The summed E-state index contributed by atoms with van der Waals surface area (Å²) < 4.78 is 13.3. The number of likely N-dealkylation sites (tertiary alicyclic amines) is 1. The molecule has 5 aromatic rings. The minimum atomic E-state index is -0.600. The molecule has 240 valence electrons. The molecule has 2 aliphatic rings. The number of hydrogen-bond donors (Lipinski definition) is 4. The lowest BCUT2D eigenvalue weighted by Crippen LogP contribution is -2.36. The molecule has 13 nitrogen and oxygen atoms in total. The van der Waals surface area contributed by atoms with Crippen LogP contribution in [0.2, 0.25) is 0 Å². The quantitative estimate of drug-likeness (QED) is 0.187. The predicted octanol–water partition coefficient (Wildman–Crippen LogP) is 4.10. The summed E-state index contributed by atoms with van der Waals surface area (Å²) >= 11 is 0. The number of anilines is 3. The number of rotatable bonds is 9. The Labute approximate surface area is 269 Å². The topological polar surface area (TPSA) is 159 Å². The van der Waals surface area contributed by atoms with E-state index in [1.807, 2.05) is 66.7 Å². The van der Waals surface area contributed by atoms with Crippen LogP contribution in [0.25, 0.3) is 11.0 Å². The summed E-state index contributed by atoms with van der Waals surface area (Å²) in [6.07, 6.45) is 1.91. The van der Waals surface area contributed by atoms with Gasteiger partial charge in [0.25, 0.3) is 5.56 Å². The first-order valence-corrected chi connectivity index (χ1v) is 15.3. The number of nitrogens with one attached hydrogen (secondary N) is 3. The summed E-state index contributed by atoms with van der Waals surface area (Å²) in [5.74, 6) is 1.38. The first kappa shape index (κ1) is 30.0. The third-order valence-electron chi connectivity index (χ3n) is 8.42. The second kappa shape index (κ2) is 12.6. The van der Waals surface area contributed by atoms with Crippen molar-refractivity contribution in [1.82, 2.24) is 24.6 Å². The lowest BCUT2D eigenvalue weighted by Gasteiger charge is -2.21. The molecular formula is C34H34N8O5. The molecule has 2 aromatic carbocycles. The van der Waals surface area contributed by atoms with Gasteiger partial charge < -0.3 is 30.1 Å². The number of carbonyl (C=O) groups is 1. The zero-order valence-electron chi connectivity index (χ0n) is 25.7. The van der Waals surface area contributed by atoms with Gasteiger partial charge in [0.15, 0.2) is 5.65 Å². The Balaban J connectivity index is 1.14. The second-order valence-electron chi connectivity index (χ2n) is 11.7. The van der Waals surface area contributed by atoms with Gasteiger partial charge in [-0.1, -0.05) is 60.7 Å². The number of aromatic nitrogens is 4. The van der Waals surface area contributed by atoms with Crippen molar-refractivity contribution >= 4 is 40.3 Å². The van der Waals surface area contributed by atoms with Crippen molar-refractivity contribution in [3.05, 3.63) is 112 Å². The molecule has 0 saturated carbocycles. The minimum Gasteiger partial charge on any atom is -0.475 e. The zero-order chi connectivity index (χ0) is 32.4. The highest BCUT2D eigenvalue weighted by Crippen LogP contribution is 2.35. The lowest BCUT2D eigenvalue weighted by atomic mass is 10.0. The number of amides is 1. The van der Waals surface area contributed by atoms with E-state index in [1.165, 1.54) is 0 Å². The fraction of sp³-hybridized carbons (Fsp3) is 0.265. The Bertz CT molecular complexity index is 1990. The van der Waals surface area contributed by atoms with Gasteiger partial charge in [-0.25, -0.2) is 19.8 Å². The minimum absolute atomic E-state index is 0.161. The molecule has 2 atom stereocenters. The van der Waals surface area contributed by atoms with Crippen LogP contribution >= 0.6 is 0 Å². The third kappa shape index (κ3) is 6.25. The largest absolute Gasteiger partial charge is 0.475 e. The molecule has 3 aromatic heterocycles. The average Bonchev–Trinajstić information content (AvgIpc) is 3.80. The number of fused-ring (bicyclic) bond motifs is 1. The molecule has 5 heterocycles. The maximum absolute atomic E-state index is 12.9. The number of hydrogen-bond acceptors (Lipinski definition) is 10. The Hall–Kier alpha value is -5.69. The number of aliphatic hydroxyl groups is 1. The van der Waals surface area contributed by atoms with Gasteiger partial charge in [-0.3, -0.25) is 14.6 Å². The number of H-pyrrole nitrogens is 1. The standard InChI is InChI=1S/C34H34N8O5/c1-41-30-24(31(44)40-41)12-13-28(38-30)37-29-16-26(36-27(18-43)23-10-6-3-7-11-23)25(17-35-29)32-39-34(21-47-32)14-15-42(20-34)33(45)46-19-22-8-4-2-5-9-22/h2-13,16-17,27,43H,14-15,18-21H2,1H3,(H,40,44)(H2,35,36,37,38)/t27-,34?/m1/s1. The van der Waals surface area contributed by atoms with E-state index in [9.17, 15) is 14.7 Å². The van der Waals surface area contributed by atoms with Crippen LogP contribution in [0.15, 0.2) is 94.8 Å². The molecule has 1 saturated heterocycles. The van der Waals surface area contributed by atoms with Gasteiger partial charge in [-0.05, 0) is 29.7 Å². The fourth-order valence-corrected chi connectivity index (χ4v) is 5.92. The van der Waals surface area contributed by atoms with Crippen LogP contribution in [0, 0.1) is 0 Å². The number of aliphatic hydroxyl groups excluding tert-OH is 1. The number of carbonyl (C=O) groups excluding carboxylic acids is 1. The number of aliphatic imine (C=N–C) groups is 1. The molecule has 0 aliphatic carbocycles. The van der Waals surface area contributed by atoms with Crippen LogP contribution in [-0.2, 0) is 23.1 Å². The molecule has 13 heteroatoms. The van der Waals surface area contributed by atoms with Crippen molar-refractivity contribution in [2.45, 2.75) is 24.6 Å². The molecule has 0 radical (unpaired) electrons. The number of ether oxygens (including phenoxy) is 2. The third-order valence-corrected chi connectivity index (χ3v) is 8.42. The maximum atomic E-state index is 12.9. The number of aryl methyl sites for hydroxylation is 1. The molecule has 47 heavy (non-hydrogen) atoms. The maximum Gasteiger partial charge on any atom is 0.410 e. The van der Waals surface area contributed by atoms with E-state index in [4.69, 9.17) is 14.5 Å². The molecule has 1 spiro atoms. The van der Waals surface area contributed by atoms with E-state index in [1.54, 1.807) is 35.0 Å². The normalized spacial score (nSPS) is 17.8. The van der Waals surface area contributed by atoms with Crippen LogP contribution in [0.1, 0.15) is 29.2 Å². The highest BCUT2D eigenvalue weighted by Gasteiger charge is 2.45. The van der Waals surface area contributed by atoms with Crippen LogP contribution in [0.3, 0.4) is 0 Å². The Kier molecular flexibility index (Phi) is 8.04. The van der Waals surface area contributed by atoms with E-state index in [0.717, 1.165) is 11.1 Å². The molecular weight excluding hydrogens is 600 g/mol. The first-order valence-electron chi connectivity index (χ1n) is 15.3. The summed E-state index contributed by atoms with van der Waals surface area (Å²) in [6, 6.07) is 24.0. The molecule has 1 unspecified atom stereocenters. The Morgan fingerprint density at radius 3 is 2.68 bits per heavy atom.